The van der Waals surface area contributed by atoms with Crippen molar-refractivity contribution in [1.82, 2.24) is 20.2 Å². The highest BCUT2D eigenvalue weighted by atomic mass is 19.2. The lowest BCUT2D eigenvalue weighted by Gasteiger charge is -2.14. The topological polar surface area (TPSA) is 89.7 Å². The van der Waals surface area contributed by atoms with E-state index < -0.39 is 23.5 Å². The van der Waals surface area contributed by atoms with Crippen molar-refractivity contribution in [2.75, 3.05) is 6.61 Å². The number of nitrogens with zero attached hydrogens (tertiary/aromatic N) is 3. The molecule has 3 heterocycles. The molecular weight excluding hydrogens is 395 g/mol. The number of benzene rings is 1. The predicted octanol–water partition coefficient (Wildman–Crippen LogP) is 3.69. The number of halogens is 3. The summed E-state index contributed by atoms with van der Waals surface area (Å²) < 4.78 is 45.9. The Labute approximate surface area is 169 Å². The van der Waals surface area contributed by atoms with Crippen LogP contribution in [0.5, 0.6) is 5.75 Å². The second-order valence-electron chi connectivity index (χ2n) is 6.95. The van der Waals surface area contributed by atoms with Crippen LogP contribution in [-0.2, 0) is 6.42 Å². The number of hydrogen-bond acceptors (Lipinski definition) is 5. The van der Waals surface area contributed by atoms with E-state index in [1.165, 1.54) is 12.3 Å². The smallest absolute Gasteiger partial charge is 0.194 e. The summed E-state index contributed by atoms with van der Waals surface area (Å²) in [7, 11) is 0. The Kier molecular flexibility index (Phi) is 5.37. The third kappa shape index (κ3) is 3.97. The van der Waals surface area contributed by atoms with Crippen molar-refractivity contribution < 1.29 is 17.9 Å². The molecule has 0 radical (unpaired) electrons. The number of hydrogen-bond donors (Lipinski definition) is 2. The van der Waals surface area contributed by atoms with Gasteiger partial charge in [0.15, 0.2) is 17.5 Å². The Morgan fingerprint density at radius 2 is 1.93 bits per heavy atom. The van der Waals surface area contributed by atoms with Gasteiger partial charge in [-0.05, 0) is 37.1 Å². The van der Waals surface area contributed by atoms with Crippen molar-refractivity contribution in [3.05, 3.63) is 71.6 Å². The van der Waals surface area contributed by atoms with Crippen LogP contribution >= 0.6 is 0 Å². The van der Waals surface area contributed by atoms with Gasteiger partial charge in [-0.25, -0.2) is 13.2 Å². The summed E-state index contributed by atoms with van der Waals surface area (Å²) in [6.45, 7) is 1.96. The van der Waals surface area contributed by atoms with E-state index in [1.54, 1.807) is 18.5 Å². The number of rotatable bonds is 6. The third-order valence-electron chi connectivity index (χ3n) is 4.70. The van der Waals surface area contributed by atoms with Crippen LogP contribution in [0.3, 0.4) is 0 Å². The zero-order valence-corrected chi connectivity index (χ0v) is 16.0. The van der Waals surface area contributed by atoms with Crippen molar-refractivity contribution in [1.29, 1.82) is 0 Å². The van der Waals surface area contributed by atoms with Crippen LogP contribution in [0.25, 0.3) is 22.2 Å². The number of pyridine rings is 2. The molecule has 0 spiro atoms. The van der Waals surface area contributed by atoms with Crippen LogP contribution in [-0.4, -0.2) is 32.8 Å². The maximum absolute atomic E-state index is 13.8. The first-order chi connectivity index (χ1) is 14.4. The second kappa shape index (κ2) is 8.11. The number of aromatic amines is 1. The SMILES string of the molecule is Cc1[nH]nc2cnc(-c3cncc(OC[C@@H](N)Cc4ccc(F)c(F)c4F)c3)cc12. The normalized spacial score (nSPS) is 12.3. The van der Waals surface area contributed by atoms with Crippen molar-refractivity contribution in [3.8, 4) is 17.0 Å². The minimum atomic E-state index is -1.50. The molecule has 0 aliphatic rings. The van der Waals surface area contributed by atoms with E-state index in [1.807, 2.05) is 13.0 Å². The highest BCUT2D eigenvalue weighted by molar-refractivity contribution is 5.84. The summed E-state index contributed by atoms with van der Waals surface area (Å²) >= 11 is 0. The number of fused-ring (bicyclic) bond motifs is 1. The highest BCUT2D eigenvalue weighted by Crippen LogP contribution is 2.25. The van der Waals surface area contributed by atoms with Gasteiger partial charge in [0.2, 0.25) is 0 Å². The molecule has 3 aromatic heterocycles. The molecule has 154 valence electrons. The lowest BCUT2D eigenvalue weighted by molar-refractivity contribution is 0.285. The molecule has 30 heavy (non-hydrogen) atoms. The monoisotopic (exact) mass is 413 g/mol. The molecular formula is C21H18F3N5O. The van der Waals surface area contributed by atoms with Crippen LogP contribution in [0.2, 0.25) is 0 Å². The van der Waals surface area contributed by atoms with E-state index in [4.69, 9.17) is 10.5 Å². The molecule has 0 amide bonds. The molecule has 0 fully saturated rings. The maximum atomic E-state index is 13.8. The van der Waals surface area contributed by atoms with Crippen molar-refractivity contribution in [2.45, 2.75) is 19.4 Å². The largest absolute Gasteiger partial charge is 0.490 e. The fourth-order valence-corrected chi connectivity index (χ4v) is 3.11. The number of nitrogens with one attached hydrogen (secondary N) is 1. The summed E-state index contributed by atoms with van der Waals surface area (Å²) in [4.78, 5) is 8.57. The molecule has 1 atom stereocenters. The first-order valence-corrected chi connectivity index (χ1v) is 9.19. The van der Waals surface area contributed by atoms with E-state index >= 15 is 0 Å². The standard InChI is InChI=1S/C21H18F3N5O/c1-11-16-6-18(27-9-19(16)29-28-11)13-5-15(8-26-7-13)30-10-14(25)4-12-2-3-17(22)21(24)20(12)23/h2-3,5-9,14H,4,10,25H2,1H3,(H,28,29)/t14-/m0/s1. The third-order valence-corrected chi connectivity index (χ3v) is 4.70. The molecule has 0 aliphatic carbocycles. The van der Waals surface area contributed by atoms with Gasteiger partial charge in [0, 0.05) is 28.9 Å². The molecule has 4 rings (SSSR count). The summed E-state index contributed by atoms with van der Waals surface area (Å²) in [6.07, 6.45) is 4.85. The zero-order valence-electron chi connectivity index (χ0n) is 16.0. The maximum Gasteiger partial charge on any atom is 0.194 e. The Hall–Kier alpha value is -3.46. The van der Waals surface area contributed by atoms with Gasteiger partial charge < -0.3 is 10.5 Å². The average molecular weight is 413 g/mol. The highest BCUT2D eigenvalue weighted by Gasteiger charge is 2.16. The quantitative estimate of drug-likeness (QED) is 0.471. The Bertz CT molecular complexity index is 1210. The van der Waals surface area contributed by atoms with Gasteiger partial charge in [0.25, 0.3) is 0 Å². The Morgan fingerprint density at radius 1 is 1.10 bits per heavy atom. The molecule has 4 aromatic rings. The molecule has 0 saturated carbocycles. The van der Waals surface area contributed by atoms with E-state index in [9.17, 15) is 13.2 Å². The molecule has 0 saturated heterocycles. The molecule has 0 aliphatic heterocycles. The molecule has 6 nitrogen and oxygen atoms in total. The van der Waals surface area contributed by atoms with Crippen LogP contribution in [0.4, 0.5) is 13.2 Å². The van der Waals surface area contributed by atoms with E-state index in [-0.39, 0.29) is 18.6 Å². The predicted molar refractivity (Wildman–Crippen MR) is 105 cm³/mol. The Balaban J connectivity index is 1.45. The van der Waals surface area contributed by atoms with Gasteiger partial charge in [-0.3, -0.25) is 15.1 Å². The van der Waals surface area contributed by atoms with E-state index in [0.717, 1.165) is 28.2 Å². The van der Waals surface area contributed by atoms with Crippen LogP contribution in [0.1, 0.15) is 11.3 Å². The molecule has 3 N–H and O–H groups in total. The van der Waals surface area contributed by atoms with E-state index in [0.29, 0.717) is 11.4 Å². The zero-order chi connectivity index (χ0) is 21.3. The first kappa shape index (κ1) is 19.8. The molecule has 9 heteroatoms. The van der Waals surface area contributed by atoms with Crippen LogP contribution in [0, 0.1) is 24.4 Å². The minimum absolute atomic E-state index is 0.00581. The van der Waals surface area contributed by atoms with Gasteiger partial charge in [0.1, 0.15) is 17.9 Å². The number of ether oxygens (including phenoxy) is 1. The Morgan fingerprint density at radius 3 is 2.77 bits per heavy atom. The molecule has 0 unspecified atom stereocenters. The van der Waals surface area contributed by atoms with Gasteiger partial charge in [0.05, 0.1) is 18.1 Å². The molecule has 1 aromatic carbocycles. The summed E-state index contributed by atoms with van der Waals surface area (Å²) in [5.74, 6) is -3.51. The number of aryl methyl sites for hydroxylation is 1. The van der Waals surface area contributed by atoms with Gasteiger partial charge in [-0.2, -0.15) is 5.10 Å². The number of aromatic nitrogens is 4. The summed E-state index contributed by atoms with van der Waals surface area (Å²) in [5.41, 5.74) is 9.12. The second-order valence-corrected chi connectivity index (χ2v) is 6.95. The van der Waals surface area contributed by atoms with E-state index in [2.05, 4.69) is 20.2 Å². The van der Waals surface area contributed by atoms with Crippen LogP contribution in [0.15, 0.2) is 42.9 Å². The average Bonchev–Trinajstić information content (AvgIpc) is 3.13. The fraction of sp³-hybridized carbons (Fsp3) is 0.190. The summed E-state index contributed by atoms with van der Waals surface area (Å²) in [6, 6.07) is 5.10. The lowest BCUT2D eigenvalue weighted by atomic mass is 10.1. The number of nitrogens with two attached hydrogens (primary N) is 1. The minimum Gasteiger partial charge on any atom is -0.490 e. The van der Waals surface area contributed by atoms with Crippen molar-refractivity contribution >= 4 is 10.9 Å². The van der Waals surface area contributed by atoms with Crippen molar-refractivity contribution in [3.63, 3.8) is 0 Å². The lowest BCUT2D eigenvalue weighted by Crippen LogP contribution is -2.30. The van der Waals surface area contributed by atoms with Gasteiger partial charge in [-0.15, -0.1) is 0 Å². The number of H-pyrrole nitrogens is 1. The van der Waals surface area contributed by atoms with Gasteiger partial charge in [-0.1, -0.05) is 6.07 Å². The van der Waals surface area contributed by atoms with Crippen LogP contribution < -0.4 is 10.5 Å². The summed E-state index contributed by atoms with van der Waals surface area (Å²) in [5, 5.41) is 8.03. The first-order valence-electron chi connectivity index (χ1n) is 9.19. The van der Waals surface area contributed by atoms with Gasteiger partial charge >= 0.3 is 0 Å². The fourth-order valence-electron chi connectivity index (χ4n) is 3.11. The van der Waals surface area contributed by atoms with Crippen molar-refractivity contribution in [2.24, 2.45) is 5.73 Å². The molecule has 0 bridgehead atoms.